The quantitative estimate of drug-likeness (QED) is 0.585. The molecule has 3 aliphatic carbocycles. The predicted octanol–water partition coefficient (Wildman–Crippen LogP) is 2.16. The van der Waals surface area contributed by atoms with Crippen LogP contribution in [0.1, 0.15) is 39.0 Å². The summed E-state index contributed by atoms with van der Waals surface area (Å²) < 4.78 is 0. The number of nitrogens with two attached hydrogens (primary N) is 1. The van der Waals surface area contributed by atoms with Gasteiger partial charge in [-0.1, -0.05) is 6.92 Å². The predicted molar refractivity (Wildman–Crippen MR) is 49.6 cm³/mol. The van der Waals surface area contributed by atoms with Crippen LogP contribution < -0.4 is 5.73 Å². The molecule has 1 spiro atoms. The van der Waals surface area contributed by atoms with Gasteiger partial charge in [0, 0.05) is 6.04 Å². The number of hydrogen-bond acceptors (Lipinski definition) is 1. The lowest BCUT2D eigenvalue weighted by Crippen LogP contribution is -2.29. The van der Waals surface area contributed by atoms with E-state index in [0.29, 0.717) is 11.5 Å². The van der Waals surface area contributed by atoms with E-state index in [1.807, 2.05) is 0 Å². The molecule has 3 aliphatic rings. The summed E-state index contributed by atoms with van der Waals surface area (Å²) in [4.78, 5) is 0. The average molecular weight is 165 g/mol. The van der Waals surface area contributed by atoms with Crippen LogP contribution in [-0.4, -0.2) is 6.04 Å². The van der Waals surface area contributed by atoms with Crippen molar-refractivity contribution < 1.29 is 0 Å². The third kappa shape index (κ3) is 0.736. The van der Waals surface area contributed by atoms with Gasteiger partial charge in [-0.2, -0.15) is 0 Å². The van der Waals surface area contributed by atoms with Crippen molar-refractivity contribution in [3.05, 3.63) is 0 Å². The van der Waals surface area contributed by atoms with E-state index in [2.05, 4.69) is 6.92 Å². The van der Waals surface area contributed by atoms with E-state index in [0.717, 1.165) is 17.8 Å². The van der Waals surface area contributed by atoms with Crippen LogP contribution in [-0.2, 0) is 0 Å². The Morgan fingerprint density at radius 1 is 1.17 bits per heavy atom. The fourth-order valence-corrected chi connectivity index (χ4v) is 4.09. The molecule has 0 amide bonds. The molecule has 0 radical (unpaired) electrons. The number of fused-ring (bicyclic) bond motifs is 2. The van der Waals surface area contributed by atoms with Gasteiger partial charge < -0.3 is 5.73 Å². The van der Waals surface area contributed by atoms with E-state index in [9.17, 15) is 0 Å². The molecule has 0 aromatic carbocycles. The summed E-state index contributed by atoms with van der Waals surface area (Å²) in [5.74, 6) is 3.03. The topological polar surface area (TPSA) is 26.0 Å². The minimum absolute atomic E-state index is 0.569. The molecule has 1 nitrogen and oxygen atoms in total. The molecule has 0 aliphatic heterocycles. The third-order valence-corrected chi connectivity index (χ3v) is 4.79. The molecule has 0 heterocycles. The first-order valence-corrected chi connectivity index (χ1v) is 5.48. The minimum atomic E-state index is 0.569. The van der Waals surface area contributed by atoms with Crippen molar-refractivity contribution in [2.45, 2.75) is 45.1 Å². The van der Waals surface area contributed by atoms with Gasteiger partial charge in [0.05, 0.1) is 0 Å². The van der Waals surface area contributed by atoms with Crippen LogP contribution in [0.15, 0.2) is 0 Å². The summed E-state index contributed by atoms with van der Waals surface area (Å²) in [5.41, 5.74) is 6.87. The zero-order valence-corrected chi connectivity index (χ0v) is 7.92. The Labute approximate surface area is 74.7 Å². The van der Waals surface area contributed by atoms with Crippen LogP contribution in [0.3, 0.4) is 0 Å². The molecule has 0 saturated heterocycles. The molecule has 2 unspecified atom stereocenters. The highest BCUT2D eigenvalue weighted by atomic mass is 14.8. The molecule has 0 aromatic heterocycles. The molecule has 12 heavy (non-hydrogen) atoms. The molecule has 0 bridgehead atoms. The summed E-state index contributed by atoms with van der Waals surface area (Å²) in [5, 5.41) is 0. The monoisotopic (exact) mass is 165 g/mol. The highest BCUT2D eigenvalue weighted by Gasteiger charge is 2.62. The van der Waals surface area contributed by atoms with Crippen molar-refractivity contribution in [2.75, 3.05) is 0 Å². The molecule has 4 atom stereocenters. The zero-order chi connectivity index (χ0) is 8.34. The van der Waals surface area contributed by atoms with Crippen LogP contribution >= 0.6 is 0 Å². The van der Waals surface area contributed by atoms with Crippen LogP contribution in [0, 0.1) is 23.2 Å². The summed E-state index contributed by atoms with van der Waals surface area (Å²) >= 11 is 0. The maximum Gasteiger partial charge on any atom is 0.0101 e. The van der Waals surface area contributed by atoms with Crippen molar-refractivity contribution in [3.63, 3.8) is 0 Å². The highest BCUT2D eigenvalue weighted by molar-refractivity contribution is 5.14. The molecule has 3 fully saturated rings. The summed E-state index contributed by atoms with van der Waals surface area (Å²) in [6.07, 6.45) is 7.19. The van der Waals surface area contributed by atoms with E-state index in [1.54, 1.807) is 0 Å². The van der Waals surface area contributed by atoms with Gasteiger partial charge in [0.2, 0.25) is 0 Å². The first-order valence-electron chi connectivity index (χ1n) is 5.48. The Morgan fingerprint density at radius 3 is 2.58 bits per heavy atom. The largest absolute Gasteiger partial charge is 0.327 e. The second kappa shape index (κ2) is 2.06. The fraction of sp³-hybridized carbons (Fsp3) is 1.00. The molecule has 3 saturated carbocycles. The maximum atomic E-state index is 6.21. The molecule has 0 aromatic rings. The highest BCUT2D eigenvalue weighted by Crippen LogP contribution is 2.67. The molecule has 68 valence electrons. The summed E-state index contributed by atoms with van der Waals surface area (Å²) in [6, 6.07) is 0.569. The number of rotatable bonds is 0. The standard InChI is InChI=1S/C11H19N/c1-7-4-8-6-10(12)11(2-3-11)9(8)5-7/h7-10H,2-6,12H2,1H3/t7?,8-,9-,10?/m1/s1. The second-order valence-electron chi connectivity index (χ2n) is 5.52. The lowest BCUT2D eigenvalue weighted by atomic mass is 9.87. The van der Waals surface area contributed by atoms with Crippen molar-refractivity contribution >= 4 is 0 Å². The van der Waals surface area contributed by atoms with Crippen molar-refractivity contribution in [1.29, 1.82) is 0 Å². The Hall–Kier alpha value is -0.0400. The SMILES string of the molecule is CC1C[C@@H]2CC(N)C3(CC3)[C@@H]2C1. The van der Waals surface area contributed by atoms with E-state index < -0.39 is 0 Å². The lowest BCUT2D eigenvalue weighted by molar-refractivity contribution is 0.307. The van der Waals surface area contributed by atoms with Gasteiger partial charge in [-0.15, -0.1) is 0 Å². The lowest BCUT2D eigenvalue weighted by Gasteiger charge is -2.20. The Kier molecular flexibility index (Phi) is 1.27. The summed E-state index contributed by atoms with van der Waals surface area (Å²) in [6.45, 7) is 2.42. The molecule has 2 N–H and O–H groups in total. The van der Waals surface area contributed by atoms with Crippen LogP contribution in [0.5, 0.6) is 0 Å². The molecule has 1 heteroatoms. The van der Waals surface area contributed by atoms with E-state index in [-0.39, 0.29) is 0 Å². The zero-order valence-electron chi connectivity index (χ0n) is 7.92. The first-order chi connectivity index (χ1) is 5.72. The smallest absolute Gasteiger partial charge is 0.0101 e. The maximum absolute atomic E-state index is 6.21. The third-order valence-electron chi connectivity index (χ3n) is 4.79. The van der Waals surface area contributed by atoms with E-state index in [4.69, 9.17) is 5.73 Å². The molecule has 3 rings (SSSR count). The summed E-state index contributed by atoms with van der Waals surface area (Å²) in [7, 11) is 0. The average Bonchev–Trinajstić information content (AvgIpc) is 2.68. The van der Waals surface area contributed by atoms with Gasteiger partial charge >= 0.3 is 0 Å². The Bertz CT molecular complexity index is 207. The van der Waals surface area contributed by atoms with Crippen LogP contribution in [0.2, 0.25) is 0 Å². The van der Waals surface area contributed by atoms with E-state index in [1.165, 1.54) is 32.1 Å². The Balaban J connectivity index is 1.88. The Morgan fingerprint density at radius 2 is 1.92 bits per heavy atom. The van der Waals surface area contributed by atoms with Crippen molar-refractivity contribution in [2.24, 2.45) is 28.9 Å². The second-order valence-corrected chi connectivity index (χ2v) is 5.52. The normalized spacial score (nSPS) is 54.5. The fourth-order valence-electron chi connectivity index (χ4n) is 4.09. The minimum Gasteiger partial charge on any atom is -0.327 e. The van der Waals surface area contributed by atoms with Gasteiger partial charge in [0.1, 0.15) is 0 Å². The van der Waals surface area contributed by atoms with Gasteiger partial charge in [-0.05, 0) is 55.3 Å². The molecular formula is C11H19N. The van der Waals surface area contributed by atoms with Crippen LogP contribution in [0.25, 0.3) is 0 Å². The van der Waals surface area contributed by atoms with E-state index >= 15 is 0 Å². The van der Waals surface area contributed by atoms with Crippen molar-refractivity contribution in [1.82, 2.24) is 0 Å². The van der Waals surface area contributed by atoms with Crippen LogP contribution in [0.4, 0.5) is 0 Å². The van der Waals surface area contributed by atoms with Gasteiger partial charge in [-0.3, -0.25) is 0 Å². The van der Waals surface area contributed by atoms with Gasteiger partial charge in [-0.25, -0.2) is 0 Å². The van der Waals surface area contributed by atoms with Crippen molar-refractivity contribution in [3.8, 4) is 0 Å². The first kappa shape index (κ1) is 7.37. The van der Waals surface area contributed by atoms with Gasteiger partial charge in [0.25, 0.3) is 0 Å². The van der Waals surface area contributed by atoms with Gasteiger partial charge in [0.15, 0.2) is 0 Å². The number of hydrogen-bond donors (Lipinski definition) is 1. The molecular weight excluding hydrogens is 146 g/mol.